The largest absolute Gasteiger partial charge is 0.352 e. The van der Waals surface area contributed by atoms with Gasteiger partial charge in [0.2, 0.25) is 0 Å². The predicted molar refractivity (Wildman–Crippen MR) is 123 cm³/mol. The first-order valence-corrected chi connectivity index (χ1v) is 11.1. The van der Waals surface area contributed by atoms with Gasteiger partial charge in [-0.2, -0.15) is 0 Å². The maximum atomic E-state index is 5.88. The van der Waals surface area contributed by atoms with Crippen molar-refractivity contribution in [2.45, 2.75) is 57.7 Å². The van der Waals surface area contributed by atoms with E-state index in [0.29, 0.717) is 6.04 Å². The molecule has 4 heterocycles. The van der Waals surface area contributed by atoms with Crippen LogP contribution in [0.1, 0.15) is 60.4 Å². The summed E-state index contributed by atoms with van der Waals surface area (Å²) in [6.45, 7) is 4.37. The van der Waals surface area contributed by atoms with Crippen molar-refractivity contribution < 1.29 is 0 Å². The van der Waals surface area contributed by atoms with E-state index in [4.69, 9.17) is 12.2 Å². The summed E-state index contributed by atoms with van der Waals surface area (Å²) in [6, 6.07) is 13.2. The molecule has 3 aromatic heterocycles. The van der Waals surface area contributed by atoms with Crippen molar-refractivity contribution in [2.75, 3.05) is 0 Å². The molecule has 0 spiro atoms. The minimum atomic E-state index is 0.0437. The molecule has 6 heteroatoms. The van der Waals surface area contributed by atoms with Crippen LogP contribution in [0.5, 0.6) is 0 Å². The highest BCUT2D eigenvalue weighted by Gasteiger charge is 2.44. The zero-order valence-electron chi connectivity index (χ0n) is 17.5. The molecule has 30 heavy (non-hydrogen) atoms. The summed E-state index contributed by atoms with van der Waals surface area (Å²) in [5.74, 6) is 0. The number of rotatable bonds is 4. The molecule has 5 rings (SSSR count). The van der Waals surface area contributed by atoms with E-state index in [1.807, 2.05) is 30.7 Å². The van der Waals surface area contributed by atoms with Gasteiger partial charge < -0.3 is 14.8 Å². The molecule has 5 nitrogen and oxygen atoms in total. The molecule has 2 fully saturated rings. The lowest BCUT2D eigenvalue weighted by atomic mass is 9.95. The van der Waals surface area contributed by atoms with Crippen molar-refractivity contribution in [2.24, 2.45) is 0 Å². The van der Waals surface area contributed by atoms with Gasteiger partial charge in [0.25, 0.3) is 0 Å². The number of pyridine rings is 2. The van der Waals surface area contributed by atoms with E-state index in [-0.39, 0.29) is 12.1 Å². The van der Waals surface area contributed by atoms with Crippen LogP contribution in [0.25, 0.3) is 5.69 Å². The Balaban J connectivity index is 1.64. The maximum absolute atomic E-state index is 5.88. The molecule has 1 saturated carbocycles. The zero-order valence-corrected chi connectivity index (χ0v) is 18.3. The van der Waals surface area contributed by atoms with E-state index < -0.39 is 0 Å². The third kappa shape index (κ3) is 3.19. The Morgan fingerprint density at radius 2 is 1.90 bits per heavy atom. The number of aryl methyl sites for hydroxylation is 1. The number of aromatic nitrogens is 3. The van der Waals surface area contributed by atoms with Crippen molar-refractivity contribution in [1.82, 2.24) is 24.8 Å². The minimum absolute atomic E-state index is 0.0437. The Labute approximate surface area is 183 Å². The molecule has 1 saturated heterocycles. The Morgan fingerprint density at radius 1 is 1.07 bits per heavy atom. The first-order valence-electron chi connectivity index (χ1n) is 10.7. The van der Waals surface area contributed by atoms with Crippen LogP contribution in [-0.2, 0) is 0 Å². The van der Waals surface area contributed by atoms with E-state index in [2.05, 4.69) is 62.9 Å². The third-order valence-corrected chi connectivity index (χ3v) is 6.88. The summed E-state index contributed by atoms with van der Waals surface area (Å²) in [7, 11) is 0. The van der Waals surface area contributed by atoms with E-state index in [9.17, 15) is 0 Å². The Kier molecular flexibility index (Phi) is 5.03. The molecule has 0 aromatic carbocycles. The molecule has 3 aromatic rings. The smallest absolute Gasteiger partial charge is 0.170 e. The van der Waals surface area contributed by atoms with Gasteiger partial charge in [0, 0.05) is 29.8 Å². The topological polar surface area (TPSA) is 46.0 Å². The Morgan fingerprint density at radius 3 is 2.60 bits per heavy atom. The van der Waals surface area contributed by atoms with Gasteiger partial charge in [-0.25, -0.2) is 0 Å². The molecule has 1 aliphatic heterocycles. The SMILES string of the molecule is Cc1cc([C@H]2[C@H](c3ccccn3)NC(=S)N2C2CCCC2)c(C)n1-c1cccnc1. The average molecular weight is 418 g/mol. The second-order valence-corrected chi connectivity index (χ2v) is 8.73. The highest BCUT2D eigenvalue weighted by molar-refractivity contribution is 7.80. The molecule has 0 amide bonds. The van der Waals surface area contributed by atoms with Gasteiger partial charge in [0.15, 0.2) is 5.11 Å². The molecule has 1 aliphatic carbocycles. The standard InChI is InChI=1S/C24H27N5S/c1-16-14-20(17(2)28(16)19-10-7-12-25-15-19)23-22(21-11-5-6-13-26-21)27-24(30)29(23)18-8-3-4-9-18/h5-7,10-15,18,22-23H,3-4,8-9H2,1-2H3,(H,27,30)/t22-,23-/m0/s1. The zero-order chi connectivity index (χ0) is 20.7. The molecular weight excluding hydrogens is 390 g/mol. The van der Waals surface area contributed by atoms with Crippen LogP contribution in [0, 0.1) is 13.8 Å². The van der Waals surface area contributed by atoms with Crippen molar-refractivity contribution in [1.29, 1.82) is 0 Å². The lowest BCUT2D eigenvalue weighted by Gasteiger charge is -2.33. The van der Waals surface area contributed by atoms with Crippen LogP contribution >= 0.6 is 12.2 Å². The van der Waals surface area contributed by atoms with Crippen LogP contribution in [0.15, 0.2) is 55.0 Å². The van der Waals surface area contributed by atoms with Crippen molar-refractivity contribution >= 4 is 17.3 Å². The van der Waals surface area contributed by atoms with Gasteiger partial charge in [-0.05, 0) is 74.8 Å². The number of thiocarbonyl (C=S) groups is 1. The molecule has 2 atom stereocenters. The van der Waals surface area contributed by atoms with Crippen molar-refractivity contribution in [3.05, 3.63) is 77.6 Å². The molecular formula is C24H27N5S. The highest BCUT2D eigenvalue weighted by Crippen LogP contribution is 2.44. The highest BCUT2D eigenvalue weighted by atomic mass is 32.1. The normalized spacial score (nSPS) is 21.9. The lowest BCUT2D eigenvalue weighted by molar-refractivity contribution is 0.245. The molecule has 0 unspecified atom stereocenters. The summed E-state index contributed by atoms with van der Waals surface area (Å²) >= 11 is 5.88. The van der Waals surface area contributed by atoms with E-state index in [1.54, 1.807) is 0 Å². The fourth-order valence-corrected chi connectivity index (χ4v) is 5.63. The fourth-order valence-electron chi connectivity index (χ4n) is 5.24. The van der Waals surface area contributed by atoms with Crippen LogP contribution in [0.2, 0.25) is 0 Å². The first kappa shape index (κ1) is 19.2. The fraction of sp³-hybridized carbons (Fsp3) is 0.375. The minimum Gasteiger partial charge on any atom is -0.352 e. The van der Waals surface area contributed by atoms with Gasteiger partial charge in [-0.1, -0.05) is 18.9 Å². The van der Waals surface area contributed by atoms with Gasteiger partial charge >= 0.3 is 0 Å². The van der Waals surface area contributed by atoms with Gasteiger partial charge in [0.1, 0.15) is 0 Å². The second kappa shape index (κ2) is 7.84. The molecule has 0 radical (unpaired) electrons. The van der Waals surface area contributed by atoms with Crippen LogP contribution in [0.4, 0.5) is 0 Å². The predicted octanol–water partition coefficient (Wildman–Crippen LogP) is 4.80. The lowest BCUT2D eigenvalue weighted by Crippen LogP contribution is -2.37. The van der Waals surface area contributed by atoms with Gasteiger partial charge in [-0.15, -0.1) is 0 Å². The molecule has 1 N–H and O–H groups in total. The monoisotopic (exact) mass is 417 g/mol. The Hall–Kier alpha value is -2.73. The van der Waals surface area contributed by atoms with Crippen LogP contribution < -0.4 is 5.32 Å². The number of hydrogen-bond donors (Lipinski definition) is 1. The third-order valence-electron chi connectivity index (χ3n) is 6.55. The molecule has 2 aliphatic rings. The summed E-state index contributed by atoms with van der Waals surface area (Å²) in [5, 5.41) is 4.47. The van der Waals surface area contributed by atoms with Crippen molar-refractivity contribution in [3.8, 4) is 5.69 Å². The molecule has 154 valence electrons. The summed E-state index contributed by atoms with van der Waals surface area (Å²) in [4.78, 5) is 11.5. The summed E-state index contributed by atoms with van der Waals surface area (Å²) in [6.07, 6.45) is 10.6. The number of nitrogens with zero attached hydrogens (tertiary/aromatic N) is 4. The van der Waals surface area contributed by atoms with Crippen LogP contribution in [0.3, 0.4) is 0 Å². The Bertz CT molecular complexity index is 1040. The van der Waals surface area contributed by atoms with Gasteiger partial charge in [0.05, 0.1) is 29.7 Å². The van der Waals surface area contributed by atoms with Crippen LogP contribution in [-0.4, -0.2) is 30.6 Å². The number of hydrogen-bond acceptors (Lipinski definition) is 3. The molecule has 0 bridgehead atoms. The van der Waals surface area contributed by atoms with E-state index in [0.717, 1.165) is 16.5 Å². The van der Waals surface area contributed by atoms with E-state index >= 15 is 0 Å². The maximum Gasteiger partial charge on any atom is 0.170 e. The van der Waals surface area contributed by atoms with Gasteiger partial charge in [-0.3, -0.25) is 9.97 Å². The van der Waals surface area contributed by atoms with Crippen molar-refractivity contribution in [3.63, 3.8) is 0 Å². The first-order chi connectivity index (χ1) is 14.6. The van der Waals surface area contributed by atoms with E-state index in [1.165, 1.54) is 42.6 Å². The number of nitrogens with one attached hydrogen (secondary N) is 1. The summed E-state index contributed by atoms with van der Waals surface area (Å²) < 4.78 is 2.30. The average Bonchev–Trinajstić information content (AvgIpc) is 3.47. The second-order valence-electron chi connectivity index (χ2n) is 8.35. The summed E-state index contributed by atoms with van der Waals surface area (Å²) in [5.41, 5.74) is 5.89. The quantitative estimate of drug-likeness (QED) is 0.618.